The monoisotopic (exact) mass is 1260 g/mol. The molecule has 8 aliphatic rings. The van der Waals surface area contributed by atoms with Gasteiger partial charge in [0.2, 0.25) is 11.8 Å². The first-order valence-corrected chi connectivity index (χ1v) is 38.4. The first-order chi connectivity index (χ1) is 41.7. The number of nitrogens with one attached hydrogen (secondary N) is 7. The summed E-state index contributed by atoms with van der Waals surface area (Å²) in [6.07, 6.45) is 31.9. The van der Waals surface area contributed by atoms with Crippen LogP contribution in [0.25, 0.3) is 5.73 Å². The predicted octanol–water partition coefficient (Wildman–Crippen LogP) is 10.4. The Labute approximate surface area is 526 Å². The number of hydrogen-bond donors (Lipinski definition) is 7. The Morgan fingerprint density at radius 2 is 0.943 bits per heavy atom. The summed E-state index contributed by atoms with van der Waals surface area (Å²) in [5, 5.41) is 20.3. The lowest BCUT2D eigenvalue weighted by Gasteiger charge is -2.58. The summed E-state index contributed by atoms with van der Waals surface area (Å²) in [5.74, 6) is 4.76. The van der Waals surface area contributed by atoms with Crippen molar-refractivity contribution in [3.63, 3.8) is 0 Å². The van der Waals surface area contributed by atoms with Gasteiger partial charge in [0.15, 0.2) is 0 Å². The number of amides is 2. The molecule has 6 fully saturated rings. The molecule has 10 N–H and O–H groups in total. The van der Waals surface area contributed by atoms with Gasteiger partial charge in [-0.3, -0.25) is 18.7 Å². The van der Waals surface area contributed by atoms with E-state index in [2.05, 4.69) is 91.3 Å². The van der Waals surface area contributed by atoms with Crippen LogP contribution in [-0.2, 0) is 32.1 Å². The normalized spacial score (nSPS) is 35.6. The summed E-state index contributed by atoms with van der Waals surface area (Å²) in [6.45, 7) is 24.4. The van der Waals surface area contributed by atoms with Crippen LogP contribution in [0.5, 0.6) is 0 Å². The number of hydrogen-bond acceptors (Lipinski definition) is 13. The van der Waals surface area contributed by atoms with Crippen LogP contribution >= 0.6 is 15.6 Å². The second kappa shape index (κ2) is 33.0. The lowest BCUT2D eigenvalue weighted by molar-refractivity contribution is -0.367. The first kappa shape index (κ1) is 71.3. The number of fused-ring (bicyclic) bond motifs is 10. The van der Waals surface area contributed by atoms with E-state index in [1.54, 1.807) is 11.1 Å². The average molecular weight is 1260 g/mol. The van der Waals surface area contributed by atoms with E-state index in [0.29, 0.717) is 79.8 Å². The molecule has 0 aromatic rings. The molecule has 0 radical (unpaired) electrons. The van der Waals surface area contributed by atoms with Gasteiger partial charge in [0.25, 0.3) is 15.6 Å². The van der Waals surface area contributed by atoms with Gasteiger partial charge in [0.1, 0.15) is 0 Å². The number of phosphoric acid groups is 2. The smallest absolute Gasteiger partial charge is 0.274 e. The number of rotatable bonds is 38. The van der Waals surface area contributed by atoms with Crippen LogP contribution in [0.3, 0.4) is 0 Å². The van der Waals surface area contributed by atoms with Crippen LogP contribution in [0.4, 0.5) is 0 Å². The third kappa shape index (κ3) is 18.4. The number of unbranched alkanes of at least 4 members (excludes halogenated alkanes) is 2. The van der Waals surface area contributed by atoms with Crippen molar-refractivity contribution in [1.82, 2.24) is 31.9 Å². The molecular weight excluding hydrogens is 1130 g/mol. The fourth-order valence-corrected chi connectivity index (χ4v) is 22.3. The molecule has 0 aromatic heterocycles. The van der Waals surface area contributed by atoms with Crippen molar-refractivity contribution in [2.24, 2.45) is 92.7 Å². The Morgan fingerprint density at radius 1 is 0.552 bits per heavy atom. The third-order valence-corrected chi connectivity index (χ3v) is 27.4. The Hall–Kier alpha value is -1.56. The Bertz CT molecular complexity index is 2190. The highest BCUT2D eigenvalue weighted by Gasteiger charge is 2.61. The van der Waals surface area contributed by atoms with Gasteiger partial charge in [0.05, 0.1) is 19.8 Å². The molecule has 0 aromatic carbocycles. The van der Waals surface area contributed by atoms with E-state index < -0.39 is 15.6 Å². The molecule has 0 bridgehead atoms. The minimum Gasteiger partial charge on any atom is -0.756 e. The van der Waals surface area contributed by atoms with Gasteiger partial charge in [-0.25, -0.2) is 4.31 Å². The van der Waals surface area contributed by atoms with E-state index in [0.717, 1.165) is 207 Å². The van der Waals surface area contributed by atoms with Crippen molar-refractivity contribution in [2.45, 2.75) is 208 Å². The van der Waals surface area contributed by atoms with Crippen LogP contribution in [-0.4, -0.2) is 104 Å². The molecule has 87 heavy (non-hydrogen) atoms. The number of phosphoric ester groups is 2. The fourth-order valence-electron chi connectivity index (χ4n) is 20.1. The van der Waals surface area contributed by atoms with Gasteiger partial charge in [0, 0.05) is 38.9 Å². The maximum atomic E-state index is 13.4. The van der Waals surface area contributed by atoms with E-state index >= 15 is 0 Å². The summed E-state index contributed by atoms with van der Waals surface area (Å²) >= 11 is 0. The molecule has 0 aliphatic heterocycles. The highest BCUT2D eigenvalue weighted by Crippen LogP contribution is 2.70. The number of allylic oxidation sites excluding steroid dienone is 4. The highest BCUT2D eigenvalue weighted by molar-refractivity contribution is 7.59. The second-order valence-corrected chi connectivity index (χ2v) is 33.2. The summed E-state index contributed by atoms with van der Waals surface area (Å²) in [4.78, 5) is 52.9. The van der Waals surface area contributed by atoms with Crippen LogP contribution in [0, 0.1) is 92.7 Å². The average Bonchev–Trinajstić information content (AvgIpc) is 1.74. The Morgan fingerprint density at radius 3 is 1.34 bits per heavy atom. The molecule has 8 aliphatic carbocycles. The Kier molecular flexibility index (Phi) is 27.1. The summed E-state index contributed by atoms with van der Waals surface area (Å²) in [5.41, 5.74) is 14.6. The van der Waals surface area contributed by atoms with Crippen molar-refractivity contribution in [3.05, 3.63) is 29.0 Å². The summed E-state index contributed by atoms with van der Waals surface area (Å²) in [7, 11) is -10.5. The number of quaternary nitrogens is 1. The van der Waals surface area contributed by atoms with E-state index in [1.165, 1.54) is 6.42 Å². The molecule has 18 unspecified atom stereocenters. The topological polar surface area (TPSA) is 266 Å². The van der Waals surface area contributed by atoms with Crippen molar-refractivity contribution < 1.29 is 47.6 Å². The molecule has 0 heterocycles. The highest BCUT2D eigenvalue weighted by atomic mass is 31.3. The van der Waals surface area contributed by atoms with Crippen LogP contribution < -0.4 is 47.4 Å². The van der Waals surface area contributed by atoms with E-state index in [-0.39, 0.29) is 70.4 Å². The standard InChI is InChI=1S/C68H123N8O9P2/c1-49(57-19-21-59-55-17-15-53-43-51(23-27-65(53,3)61(55)25-29-67(57,59)5)45-63(77)75-41-13-39-73-35-9-7-33-71-37-11-31-69)47-83-86(79,80)85-87(81,82)84-48-50(2)58-20-22-60-56-18-16-54-44-52(24-28-66(54,4)62(56)26-30-68(58,60)6)46-64(78)76-42-14-40-74-36-10-8-34-72-38-12-32-70/h15-16,49-52,55-62,69,71-74H,7-14,17-48,70H2,1-6H3,(H,75,77)(H,76,78)(H,79,80)(H,81,82)/q-1/p-1. The molecule has 18 atom stereocenters. The molecule has 8 rings (SSSR count). The zero-order valence-corrected chi connectivity index (χ0v) is 56.9. The summed E-state index contributed by atoms with van der Waals surface area (Å²) in [6, 6.07) is 0. The molecule has 500 valence electrons. The Balaban J connectivity index is 0.721. The minimum absolute atomic E-state index is 0.0310. The lowest BCUT2D eigenvalue weighted by Crippen LogP contribution is -2.51. The third-order valence-electron chi connectivity index (χ3n) is 24.8. The van der Waals surface area contributed by atoms with Crippen molar-refractivity contribution in [2.75, 3.05) is 91.8 Å². The maximum Gasteiger partial charge on any atom is 0.274 e. The molecule has 19 heteroatoms. The minimum atomic E-state index is -5.25. The van der Waals surface area contributed by atoms with Gasteiger partial charge in [-0.15, -0.1) is 6.54 Å². The van der Waals surface area contributed by atoms with Crippen LogP contribution in [0.15, 0.2) is 23.3 Å². The summed E-state index contributed by atoms with van der Waals surface area (Å²) < 4.78 is 42.4. The zero-order chi connectivity index (χ0) is 62.3. The van der Waals surface area contributed by atoms with Crippen molar-refractivity contribution in [3.8, 4) is 0 Å². The molecule has 6 saturated carbocycles. The van der Waals surface area contributed by atoms with Crippen molar-refractivity contribution in [1.29, 1.82) is 0 Å². The van der Waals surface area contributed by atoms with E-state index in [9.17, 15) is 28.5 Å². The second-order valence-electron chi connectivity index (χ2n) is 30.3. The van der Waals surface area contributed by atoms with Gasteiger partial charge < -0.3 is 62.2 Å². The van der Waals surface area contributed by atoms with Gasteiger partial charge in [-0.05, 0) is 280 Å². The lowest BCUT2D eigenvalue weighted by atomic mass is 9.46. The van der Waals surface area contributed by atoms with Gasteiger partial charge in [-0.2, -0.15) is 0 Å². The maximum absolute atomic E-state index is 13.4. The van der Waals surface area contributed by atoms with Gasteiger partial charge in [-0.1, -0.05) is 71.3 Å². The fraction of sp³-hybridized carbons (Fsp3) is 0.912. The molecule has 0 spiro atoms. The van der Waals surface area contributed by atoms with E-state index in [4.69, 9.17) is 19.1 Å². The number of carbonyl (C=O) groups excluding carboxylic acids is 2. The zero-order valence-electron chi connectivity index (χ0n) is 55.1. The molecular formula is C68H122N8O9P2-2. The van der Waals surface area contributed by atoms with Crippen molar-refractivity contribution >= 4 is 27.5 Å². The van der Waals surface area contributed by atoms with Crippen LogP contribution in [0.2, 0.25) is 0 Å². The predicted molar refractivity (Wildman–Crippen MR) is 345 cm³/mol. The SMILES string of the molecule is CC(COP(=O)([O-])OP(=O)([O-])OCC(C)C1CCC2C3CC=C4CC(CC(=O)NCCCNCCCCNCCC[NH3+])CCC4(C)C3CCC12C)C1CCC2C3CC=C4CC(CC(=O)NCCCNCCCCNCCC[NH-])CCC4(C)C3CCC12C. The largest absolute Gasteiger partial charge is 0.756 e. The first-order valence-electron chi connectivity index (χ1n) is 35.5. The molecule has 17 nitrogen and oxygen atoms in total. The molecule has 0 saturated heterocycles. The van der Waals surface area contributed by atoms with E-state index in [1.807, 2.05) is 0 Å². The molecule has 2 amide bonds. The van der Waals surface area contributed by atoms with Gasteiger partial charge >= 0.3 is 0 Å². The van der Waals surface area contributed by atoms with Crippen LogP contribution in [0.1, 0.15) is 208 Å². The number of carbonyl (C=O) groups is 2. The quantitative estimate of drug-likeness (QED) is 0.0173.